The third kappa shape index (κ3) is 4.31. The molecule has 0 spiro atoms. The maximum atomic E-state index is 6.10. The summed E-state index contributed by atoms with van der Waals surface area (Å²) in [5, 5.41) is 4.37. The minimum atomic E-state index is 0.554. The van der Waals surface area contributed by atoms with Crippen molar-refractivity contribution in [2.45, 2.75) is 52.0 Å². The molecule has 1 aromatic carbocycles. The highest BCUT2D eigenvalue weighted by Gasteiger charge is 2.19. The van der Waals surface area contributed by atoms with Crippen LogP contribution in [0.5, 0.6) is 5.75 Å². The smallest absolute Gasteiger partial charge is 0.142 e. The maximum absolute atomic E-state index is 6.10. The van der Waals surface area contributed by atoms with Gasteiger partial charge in [0.15, 0.2) is 0 Å². The molecular weight excluding hydrogens is 258 g/mol. The largest absolute Gasteiger partial charge is 0.491 e. The highest BCUT2D eigenvalue weighted by atomic mass is 35.5. The molecule has 3 heteroatoms. The van der Waals surface area contributed by atoms with Crippen molar-refractivity contribution in [3.8, 4) is 5.75 Å². The lowest BCUT2D eigenvalue weighted by atomic mass is 9.87. The lowest BCUT2D eigenvalue weighted by Gasteiger charge is -2.28. The van der Waals surface area contributed by atoms with Crippen LogP contribution in [0.25, 0.3) is 0 Å². The molecule has 106 valence electrons. The monoisotopic (exact) mass is 281 g/mol. The third-order valence-corrected chi connectivity index (χ3v) is 4.01. The molecule has 0 radical (unpaired) electrons. The van der Waals surface area contributed by atoms with Crippen LogP contribution in [-0.4, -0.2) is 12.6 Å². The fourth-order valence-corrected chi connectivity index (χ4v) is 2.75. The van der Waals surface area contributed by atoms with Crippen molar-refractivity contribution in [2.75, 3.05) is 11.9 Å². The second-order valence-electron chi connectivity index (χ2n) is 5.59. The number of halogens is 1. The number of hydrogen-bond donors (Lipinski definition) is 1. The summed E-state index contributed by atoms with van der Waals surface area (Å²) in [4.78, 5) is 0. The predicted molar refractivity (Wildman–Crippen MR) is 82.3 cm³/mol. The minimum Gasteiger partial charge on any atom is -0.491 e. The predicted octanol–water partition coefficient (Wildman–Crippen LogP) is 5.12. The van der Waals surface area contributed by atoms with Crippen molar-refractivity contribution in [2.24, 2.45) is 5.92 Å². The standard InChI is InChI=1S/C16H24ClNO/c1-3-10-19-16-9-6-13(17)11-15(16)18-14-7-4-12(2)5-8-14/h6,9,11-12,14,18H,3-5,7-8,10H2,1-2H3. The van der Waals surface area contributed by atoms with Crippen LogP contribution in [0.15, 0.2) is 18.2 Å². The third-order valence-electron chi connectivity index (χ3n) is 3.78. The summed E-state index contributed by atoms with van der Waals surface area (Å²) in [6.07, 6.45) is 6.11. The Hall–Kier alpha value is -0.890. The first-order valence-corrected chi connectivity index (χ1v) is 7.75. The van der Waals surface area contributed by atoms with Gasteiger partial charge in [-0.25, -0.2) is 0 Å². The van der Waals surface area contributed by atoms with Gasteiger partial charge in [0.1, 0.15) is 5.75 Å². The van der Waals surface area contributed by atoms with Crippen molar-refractivity contribution in [3.63, 3.8) is 0 Å². The molecule has 1 aliphatic rings. The second kappa shape index (κ2) is 7.04. The molecule has 19 heavy (non-hydrogen) atoms. The molecule has 1 N–H and O–H groups in total. The van der Waals surface area contributed by atoms with Gasteiger partial charge in [-0.15, -0.1) is 0 Å². The summed E-state index contributed by atoms with van der Waals surface area (Å²) in [6.45, 7) is 5.20. The Balaban J connectivity index is 2.02. The van der Waals surface area contributed by atoms with Gasteiger partial charge in [0, 0.05) is 11.1 Å². The van der Waals surface area contributed by atoms with Crippen LogP contribution in [-0.2, 0) is 0 Å². The summed E-state index contributed by atoms with van der Waals surface area (Å²) in [7, 11) is 0. The fraction of sp³-hybridized carbons (Fsp3) is 0.625. The van der Waals surface area contributed by atoms with E-state index in [0.717, 1.165) is 35.4 Å². The van der Waals surface area contributed by atoms with E-state index in [2.05, 4.69) is 19.2 Å². The van der Waals surface area contributed by atoms with Crippen molar-refractivity contribution in [1.82, 2.24) is 0 Å². The molecule has 1 saturated carbocycles. The normalized spacial score (nSPS) is 23.1. The van der Waals surface area contributed by atoms with Gasteiger partial charge < -0.3 is 10.1 Å². The van der Waals surface area contributed by atoms with E-state index in [1.807, 2.05) is 18.2 Å². The zero-order valence-corrected chi connectivity index (χ0v) is 12.7. The van der Waals surface area contributed by atoms with Gasteiger partial charge >= 0.3 is 0 Å². The highest BCUT2D eigenvalue weighted by Crippen LogP contribution is 2.32. The molecule has 0 saturated heterocycles. The second-order valence-corrected chi connectivity index (χ2v) is 6.03. The fourth-order valence-electron chi connectivity index (χ4n) is 2.58. The van der Waals surface area contributed by atoms with Gasteiger partial charge in [0.2, 0.25) is 0 Å². The molecule has 0 unspecified atom stereocenters. The molecule has 0 atom stereocenters. The van der Waals surface area contributed by atoms with E-state index in [0.29, 0.717) is 6.04 Å². The van der Waals surface area contributed by atoms with E-state index >= 15 is 0 Å². The topological polar surface area (TPSA) is 21.3 Å². The Labute approximate surface area is 121 Å². The number of nitrogens with one attached hydrogen (secondary N) is 1. The zero-order chi connectivity index (χ0) is 13.7. The number of hydrogen-bond acceptors (Lipinski definition) is 2. The van der Waals surface area contributed by atoms with Gasteiger partial charge in [0.05, 0.1) is 12.3 Å². The first-order chi connectivity index (χ1) is 9.19. The van der Waals surface area contributed by atoms with E-state index in [-0.39, 0.29) is 0 Å². The van der Waals surface area contributed by atoms with Crippen LogP contribution < -0.4 is 10.1 Å². The Bertz CT molecular complexity index is 400. The molecule has 1 aliphatic carbocycles. The summed E-state index contributed by atoms with van der Waals surface area (Å²) in [6, 6.07) is 6.38. The lowest BCUT2D eigenvalue weighted by Crippen LogP contribution is -2.25. The Morgan fingerprint density at radius 3 is 2.68 bits per heavy atom. The molecule has 2 rings (SSSR count). The van der Waals surface area contributed by atoms with Crippen LogP contribution >= 0.6 is 11.6 Å². The number of benzene rings is 1. The molecular formula is C16H24ClNO. The van der Waals surface area contributed by atoms with E-state index in [9.17, 15) is 0 Å². The summed E-state index contributed by atoms with van der Waals surface area (Å²) < 4.78 is 5.78. The quantitative estimate of drug-likeness (QED) is 0.809. The Kier molecular flexibility index (Phi) is 5.38. The highest BCUT2D eigenvalue weighted by molar-refractivity contribution is 6.30. The molecule has 1 aromatic rings. The van der Waals surface area contributed by atoms with Crippen LogP contribution in [0.2, 0.25) is 5.02 Å². The average Bonchev–Trinajstić information content (AvgIpc) is 2.40. The molecule has 0 aromatic heterocycles. The molecule has 0 aliphatic heterocycles. The molecule has 0 heterocycles. The first kappa shape index (κ1) is 14.5. The summed E-state index contributed by atoms with van der Waals surface area (Å²) in [5.41, 5.74) is 1.04. The van der Waals surface area contributed by atoms with Crippen LogP contribution in [0.4, 0.5) is 5.69 Å². The van der Waals surface area contributed by atoms with E-state index in [1.165, 1.54) is 25.7 Å². The van der Waals surface area contributed by atoms with Crippen molar-refractivity contribution < 1.29 is 4.74 Å². The van der Waals surface area contributed by atoms with E-state index < -0.39 is 0 Å². The Morgan fingerprint density at radius 2 is 2.00 bits per heavy atom. The van der Waals surface area contributed by atoms with Crippen LogP contribution in [0, 0.1) is 5.92 Å². The maximum Gasteiger partial charge on any atom is 0.142 e. The zero-order valence-electron chi connectivity index (χ0n) is 11.9. The van der Waals surface area contributed by atoms with Gasteiger partial charge in [-0.05, 0) is 56.2 Å². The minimum absolute atomic E-state index is 0.554. The van der Waals surface area contributed by atoms with Crippen molar-refractivity contribution >= 4 is 17.3 Å². The number of anilines is 1. The van der Waals surface area contributed by atoms with Crippen LogP contribution in [0.1, 0.15) is 46.0 Å². The van der Waals surface area contributed by atoms with E-state index in [1.54, 1.807) is 0 Å². The molecule has 2 nitrogen and oxygen atoms in total. The van der Waals surface area contributed by atoms with Gasteiger partial charge in [-0.2, -0.15) is 0 Å². The SMILES string of the molecule is CCCOc1ccc(Cl)cc1NC1CCC(C)CC1. The van der Waals surface area contributed by atoms with Crippen molar-refractivity contribution in [3.05, 3.63) is 23.2 Å². The molecule has 0 bridgehead atoms. The van der Waals surface area contributed by atoms with Crippen LogP contribution in [0.3, 0.4) is 0 Å². The lowest BCUT2D eigenvalue weighted by molar-refractivity contribution is 0.317. The average molecular weight is 282 g/mol. The summed E-state index contributed by atoms with van der Waals surface area (Å²) in [5.74, 6) is 1.79. The first-order valence-electron chi connectivity index (χ1n) is 7.38. The van der Waals surface area contributed by atoms with Gasteiger partial charge in [-0.3, -0.25) is 0 Å². The van der Waals surface area contributed by atoms with Crippen molar-refractivity contribution in [1.29, 1.82) is 0 Å². The summed E-state index contributed by atoms with van der Waals surface area (Å²) >= 11 is 6.10. The molecule has 0 amide bonds. The van der Waals surface area contributed by atoms with E-state index in [4.69, 9.17) is 16.3 Å². The van der Waals surface area contributed by atoms with Gasteiger partial charge in [-0.1, -0.05) is 25.4 Å². The molecule has 1 fully saturated rings. The number of ether oxygens (including phenoxy) is 1. The van der Waals surface area contributed by atoms with Gasteiger partial charge in [0.25, 0.3) is 0 Å². The number of rotatable bonds is 5. The Morgan fingerprint density at radius 1 is 1.26 bits per heavy atom.